The Morgan fingerprint density at radius 2 is 1.91 bits per heavy atom. The largest absolute Gasteiger partial charge is 0.416 e. The van der Waals surface area contributed by atoms with Crippen molar-refractivity contribution in [3.05, 3.63) is 71.3 Å². The summed E-state index contributed by atoms with van der Waals surface area (Å²) in [5, 5.41) is 0. The van der Waals surface area contributed by atoms with Crippen molar-refractivity contribution in [2.24, 2.45) is 0 Å². The maximum absolute atomic E-state index is 12.8. The number of nitrogens with zero attached hydrogens (tertiary/aromatic N) is 2. The van der Waals surface area contributed by atoms with E-state index in [2.05, 4.69) is 4.98 Å². The molecular formula is C16H11F3N2O. The molecule has 3 aromatic rings. The Morgan fingerprint density at radius 3 is 2.64 bits per heavy atom. The lowest BCUT2D eigenvalue weighted by Crippen LogP contribution is -2.06. The van der Waals surface area contributed by atoms with Crippen molar-refractivity contribution in [1.29, 1.82) is 0 Å². The molecule has 6 heteroatoms. The van der Waals surface area contributed by atoms with E-state index in [1.54, 1.807) is 34.9 Å². The molecule has 0 atom stereocenters. The minimum absolute atomic E-state index is 0.211. The number of pyridine rings is 1. The summed E-state index contributed by atoms with van der Waals surface area (Å²) in [6.45, 7) is 0. The van der Waals surface area contributed by atoms with Crippen LogP contribution in [0.3, 0.4) is 0 Å². The zero-order chi connectivity index (χ0) is 15.7. The second kappa shape index (κ2) is 5.29. The lowest BCUT2D eigenvalue weighted by molar-refractivity contribution is -0.137. The van der Waals surface area contributed by atoms with Crippen LogP contribution in [0.4, 0.5) is 13.2 Å². The Bertz CT molecular complexity index is 837. The number of carbonyl (C=O) groups is 1. The van der Waals surface area contributed by atoms with Crippen LogP contribution >= 0.6 is 0 Å². The molecule has 112 valence electrons. The Balaban J connectivity index is 2.02. The van der Waals surface area contributed by atoms with Crippen molar-refractivity contribution >= 4 is 11.8 Å². The second-order valence-corrected chi connectivity index (χ2v) is 4.88. The van der Waals surface area contributed by atoms with Gasteiger partial charge in [-0.3, -0.25) is 9.20 Å². The smallest absolute Gasteiger partial charge is 0.296 e. The van der Waals surface area contributed by atoms with Crippen molar-refractivity contribution in [1.82, 2.24) is 9.38 Å². The van der Waals surface area contributed by atoms with Gasteiger partial charge < -0.3 is 0 Å². The Morgan fingerprint density at radius 1 is 1.14 bits per heavy atom. The Labute approximate surface area is 124 Å². The Hall–Kier alpha value is -2.63. The van der Waals surface area contributed by atoms with Gasteiger partial charge in [-0.2, -0.15) is 13.2 Å². The quantitative estimate of drug-likeness (QED) is 0.691. The maximum Gasteiger partial charge on any atom is 0.416 e. The number of benzene rings is 1. The average molecular weight is 304 g/mol. The first-order valence-corrected chi connectivity index (χ1v) is 6.56. The summed E-state index contributed by atoms with van der Waals surface area (Å²) in [6.07, 6.45) is -1.87. The number of hydrogen-bond acceptors (Lipinski definition) is 2. The van der Waals surface area contributed by atoms with Crippen LogP contribution in [0.15, 0.2) is 48.7 Å². The third kappa shape index (κ3) is 2.59. The lowest BCUT2D eigenvalue weighted by Gasteiger charge is -2.09. The van der Waals surface area contributed by atoms with E-state index in [1.165, 1.54) is 6.07 Å². The van der Waals surface area contributed by atoms with Crippen LogP contribution < -0.4 is 0 Å². The minimum Gasteiger partial charge on any atom is -0.296 e. The molecule has 0 fully saturated rings. The van der Waals surface area contributed by atoms with Crippen LogP contribution in [0.2, 0.25) is 0 Å². The molecule has 0 amide bonds. The SMILES string of the molecule is O=Cc1cccc2cnc(Cc3cccc(C(F)(F)F)c3)n12. The molecule has 0 saturated heterocycles. The third-order valence-electron chi connectivity index (χ3n) is 3.39. The van der Waals surface area contributed by atoms with E-state index in [1.807, 2.05) is 0 Å². The zero-order valence-electron chi connectivity index (χ0n) is 11.3. The molecule has 0 saturated carbocycles. The predicted octanol–water partition coefficient (Wildman–Crippen LogP) is 3.76. The van der Waals surface area contributed by atoms with Gasteiger partial charge in [0.2, 0.25) is 0 Å². The predicted molar refractivity (Wildman–Crippen MR) is 74.8 cm³/mol. The highest BCUT2D eigenvalue weighted by molar-refractivity contribution is 5.74. The number of aldehydes is 1. The number of alkyl halides is 3. The average Bonchev–Trinajstić information content (AvgIpc) is 2.90. The standard InChI is InChI=1S/C16H11F3N2O/c17-16(18,19)12-4-1-3-11(7-12)8-15-20-9-13-5-2-6-14(10-22)21(13)15/h1-7,9-10H,8H2. The molecule has 0 radical (unpaired) electrons. The normalized spacial score (nSPS) is 11.8. The number of rotatable bonds is 3. The molecule has 0 aliphatic heterocycles. The van der Waals surface area contributed by atoms with Crippen molar-refractivity contribution in [3.63, 3.8) is 0 Å². The fraction of sp³-hybridized carbons (Fsp3) is 0.125. The summed E-state index contributed by atoms with van der Waals surface area (Å²) in [4.78, 5) is 15.3. The van der Waals surface area contributed by atoms with Crippen molar-refractivity contribution in [2.75, 3.05) is 0 Å². The summed E-state index contributed by atoms with van der Waals surface area (Å²) in [7, 11) is 0. The van der Waals surface area contributed by atoms with Gasteiger partial charge in [-0.25, -0.2) is 4.98 Å². The summed E-state index contributed by atoms with van der Waals surface area (Å²) < 4.78 is 39.9. The van der Waals surface area contributed by atoms with Crippen molar-refractivity contribution < 1.29 is 18.0 Å². The van der Waals surface area contributed by atoms with E-state index in [0.717, 1.165) is 17.6 Å². The van der Waals surface area contributed by atoms with Crippen LogP contribution in [0, 0.1) is 0 Å². The van der Waals surface area contributed by atoms with Gasteiger partial charge in [-0.1, -0.05) is 24.3 Å². The van der Waals surface area contributed by atoms with Gasteiger partial charge in [0.05, 0.1) is 23.0 Å². The van der Waals surface area contributed by atoms with Gasteiger partial charge in [0, 0.05) is 6.42 Å². The monoisotopic (exact) mass is 304 g/mol. The highest BCUT2D eigenvalue weighted by atomic mass is 19.4. The summed E-state index contributed by atoms with van der Waals surface area (Å²) in [5.41, 5.74) is 0.938. The van der Waals surface area contributed by atoms with E-state index in [9.17, 15) is 18.0 Å². The maximum atomic E-state index is 12.8. The van der Waals surface area contributed by atoms with Gasteiger partial charge in [0.25, 0.3) is 0 Å². The molecule has 0 bridgehead atoms. The van der Waals surface area contributed by atoms with Gasteiger partial charge in [0.15, 0.2) is 6.29 Å². The van der Waals surface area contributed by atoms with E-state index in [0.29, 0.717) is 23.4 Å². The minimum atomic E-state index is -4.38. The Kier molecular flexibility index (Phi) is 3.44. The first-order valence-electron chi connectivity index (χ1n) is 6.56. The van der Waals surface area contributed by atoms with Crippen LogP contribution in [-0.4, -0.2) is 15.7 Å². The molecule has 0 aliphatic carbocycles. The fourth-order valence-corrected chi connectivity index (χ4v) is 2.40. The fourth-order valence-electron chi connectivity index (χ4n) is 2.40. The molecule has 22 heavy (non-hydrogen) atoms. The van der Waals surface area contributed by atoms with Crippen LogP contribution in [0.25, 0.3) is 5.52 Å². The first-order chi connectivity index (χ1) is 10.5. The van der Waals surface area contributed by atoms with Gasteiger partial charge in [-0.15, -0.1) is 0 Å². The zero-order valence-corrected chi connectivity index (χ0v) is 11.3. The number of carbonyl (C=O) groups excluding carboxylic acids is 1. The number of imidazole rings is 1. The molecule has 0 N–H and O–H groups in total. The number of hydrogen-bond donors (Lipinski definition) is 0. The number of fused-ring (bicyclic) bond motifs is 1. The van der Waals surface area contributed by atoms with E-state index in [-0.39, 0.29) is 6.42 Å². The van der Waals surface area contributed by atoms with E-state index >= 15 is 0 Å². The highest BCUT2D eigenvalue weighted by Gasteiger charge is 2.30. The van der Waals surface area contributed by atoms with Crippen LogP contribution in [0.1, 0.15) is 27.4 Å². The summed E-state index contributed by atoms with van der Waals surface area (Å²) in [6, 6.07) is 10.3. The van der Waals surface area contributed by atoms with Crippen LogP contribution in [0.5, 0.6) is 0 Å². The van der Waals surface area contributed by atoms with Gasteiger partial charge >= 0.3 is 6.18 Å². The first kappa shape index (κ1) is 14.3. The molecule has 0 unspecified atom stereocenters. The lowest BCUT2D eigenvalue weighted by atomic mass is 10.1. The van der Waals surface area contributed by atoms with E-state index < -0.39 is 11.7 Å². The highest BCUT2D eigenvalue weighted by Crippen LogP contribution is 2.30. The molecule has 3 nitrogen and oxygen atoms in total. The summed E-state index contributed by atoms with van der Waals surface area (Å²) in [5.74, 6) is 0.525. The topological polar surface area (TPSA) is 34.4 Å². The van der Waals surface area contributed by atoms with E-state index in [4.69, 9.17) is 0 Å². The molecule has 1 aromatic carbocycles. The number of aromatic nitrogens is 2. The third-order valence-corrected chi connectivity index (χ3v) is 3.39. The molecule has 3 rings (SSSR count). The van der Waals surface area contributed by atoms with Crippen molar-refractivity contribution in [3.8, 4) is 0 Å². The van der Waals surface area contributed by atoms with Crippen molar-refractivity contribution in [2.45, 2.75) is 12.6 Å². The molecule has 0 spiro atoms. The molecular weight excluding hydrogens is 293 g/mol. The van der Waals surface area contributed by atoms with Gasteiger partial charge in [0.1, 0.15) is 5.82 Å². The van der Waals surface area contributed by atoms with Gasteiger partial charge in [-0.05, 0) is 23.8 Å². The summed E-state index contributed by atoms with van der Waals surface area (Å²) >= 11 is 0. The second-order valence-electron chi connectivity index (χ2n) is 4.88. The molecule has 2 aromatic heterocycles. The molecule has 0 aliphatic rings. The van der Waals surface area contributed by atoms with Crippen LogP contribution in [-0.2, 0) is 12.6 Å². The number of halogens is 3. The molecule has 2 heterocycles.